The van der Waals surface area contributed by atoms with Crippen molar-refractivity contribution in [3.63, 3.8) is 0 Å². The number of rotatable bonds is 6. The molecule has 1 aliphatic heterocycles. The second-order valence-corrected chi connectivity index (χ2v) is 10.6. The molecule has 9 heteroatoms. The second kappa shape index (κ2) is 9.89. The predicted molar refractivity (Wildman–Crippen MR) is 146 cm³/mol. The standard InChI is InChI=1S/C29H31BFN3O4/c1-28(2)29(3,4)38-30(37-28)18(15-25-24(32)13-14-26(31)34-25)16-33-27(35)36-17-23-21-11-7-5-9-19(21)20-10-6-8-12-22(20)23/h5-15,23H,16-17,32H2,1-4H3,(H,33,35). The number of aromatic nitrogens is 1. The van der Waals surface area contributed by atoms with Gasteiger partial charge >= 0.3 is 13.2 Å². The summed E-state index contributed by atoms with van der Waals surface area (Å²) in [5, 5.41) is 2.79. The van der Waals surface area contributed by atoms with Crippen molar-refractivity contribution in [2.24, 2.45) is 0 Å². The Bertz CT molecular complexity index is 1350. The number of nitrogen functional groups attached to an aromatic ring is 1. The van der Waals surface area contributed by atoms with Crippen molar-refractivity contribution >= 4 is 25.0 Å². The van der Waals surface area contributed by atoms with Crippen LogP contribution in [0.1, 0.15) is 50.4 Å². The highest BCUT2D eigenvalue weighted by Gasteiger charge is 2.52. The van der Waals surface area contributed by atoms with Gasteiger partial charge in [-0.05, 0) is 73.6 Å². The molecule has 38 heavy (non-hydrogen) atoms. The first kappa shape index (κ1) is 25.9. The summed E-state index contributed by atoms with van der Waals surface area (Å²) in [6, 6.07) is 18.9. The summed E-state index contributed by atoms with van der Waals surface area (Å²) in [4.78, 5) is 16.7. The molecule has 1 saturated heterocycles. The Balaban J connectivity index is 1.31. The molecular weight excluding hydrogens is 484 g/mol. The maximum absolute atomic E-state index is 13.8. The number of pyridine rings is 1. The van der Waals surface area contributed by atoms with Crippen molar-refractivity contribution in [2.75, 3.05) is 18.9 Å². The first-order valence-electron chi connectivity index (χ1n) is 12.6. The fraction of sp³-hybridized carbons (Fsp3) is 0.310. The molecule has 0 atom stereocenters. The molecule has 0 bridgehead atoms. The van der Waals surface area contributed by atoms with Crippen molar-refractivity contribution in [1.82, 2.24) is 10.3 Å². The van der Waals surface area contributed by atoms with Gasteiger partial charge in [0.1, 0.15) is 6.61 Å². The van der Waals surface area contributed by atoms with E-state index in [4.69, 9.17) is 19.8 Å². The largest absolute Gasteiger partial charge is 0.492 e. The molecule has 2 heterocycles. The molecule has 5 rings (SSSR count). The third kappa shape index (κ3) is 4.91. The molecule has 2 aromatic carbocycles. The van der Waals surface area contributed by atoms with Crippen LogP contribution in [-0.2, 0) is 14.0 Å². The molecule has 3 N–H and O–H groups in total. The number of nitrogens with two attached hydrogens (primary N) is 1. The van der Waals surface area contributed by atoms with Crippen molar-refractivity contribution in [1.29, 1.82) is 0 Å². The summed E-state index contributed by atoms with van der Waals surface area (Å²) in [6.07, 6.45) is 0.999. The van der Waals surface area contributed by atoms with E-state index < -0.39 is 30.4 Å². The molecule has 7 nitrogen and oxygen atoms in total. The summed E-state index contributed by atoms with van der Waals surface area (Å²) in [6.45, 7) is 7.94. The number of anilines is 1. The van der Waals surface area contributed by atoms with E-state index in [1.807, 2.05) is 52.0 Å². The van der Waals surface area contributed by atoms with Crippen LogP contribution in [0.5, 0.6) is 0 Å². The Morgan fingerprint density at radius 3 is 2.21 bits per heavy atom. The van der Waals surface area contributed by atoms with Gasteiger partial charge in [0.05, 0.1) is 22.6 Å². The quantitative estimate of drug-likeness (QED) is 0.339. The van der Waals surface area contributed by atoms with Crippen molar-refractivity contribution < 1.29 is 23.2 Å². The molecule has 0 unspecified atom stereocenters. The van der Waals surface area contributed by atoms with Crippen LogP contribution in [0.25, 0.3) is 17.2 Å². The minimum absolute atomic E-state index is 0.0329. The van der Waals surface area contributed by atoms with E-state index in [0.717, 1.165) is 22.3 Å². The lowest BCUT2D eigenvalue weighted by atomic mass is 9.77. The van der Waals surface area contributed by atoms with Crippen LogP contribution < -0.4 is 11.1 Å². The Kier molecular flexibility index (Phi) is 6.75. The van der Waals surface area contributed by atoms with Crippen LogP contribution in [0.4, 0.5) is 14.9 Å². The summed E-state index contributed by atoms with van der Waals surface area (Å²) < 4.78 is 31.9. The van der Waals surface area contributed by atoms with E-state index >= 15 is 0 Å². The SMILES string of the molecule is CC1(C)OB(C(=Cc2nc(F)ccc2N)CNC(=O)OCC2c3ccccc3-c3ccccc32)OC1(C)C. The summed E-state index contributed by atoms with van der Waals surface area (Å²) >= 11 is 0. The lowest BCUT2D eigenvalue weighted by Crippen LogP contribution is -2.41. The zero-order valence-electron chi connectivity index (χ0n) is 22.0. The molecular formula is C29H31BFN3O4. The summed E-state index contributed by atoms with van der Waals surface area (Å²) in [5.74, 6) is -0.717. The third-order valence-electron chi connectivity index (χ3n) is 7.58. The number of halogens is 1. The van der Waals surface area contributed by atoms with E-state index in [9.17, 15) is 9.18 Å². The van der Waals surface area contributed by atoms with Crippen molar-refractivity contribution in [3.8, 4) is 11.1 Å². The van der Waals surface area contributed by atoms with Gasteiger partial charge in [0.25, 0.3) is 0 Å². The Morgan fingerprint density at radius 1 is 1.03 bits per heavy atom. The molecule has 196 valence electrons. The molecule has 1 fully saturated rings. The maximum Gasteiger partial charge on any atom is 0.492 e. The lowest BCUT2D eigenvalue weighted by molar-refractivity contribution is 0.00578. The van der Waals surface area contributed by atoms with Crippen molar-refractivity contribution in [3.05, 3.63) is 88.9 Å². The highest BCUT2D eigenvalue weighted by molar-refractivity contribution is 6.56. The highest BCUT2D eigenvalue weighted by atomic mass is 19.1. The minimum atomic E-state index is -0.793. The zero-order chi connectivity index (χ0) is 27.1. The molecule has 2 aliphatic rings. The van der Waals surface area contributed by atoms with Gasteiger partial charge in [-0.2, -0.15) is 4.39 Å². The normalized spacial score (nSPS) is 17.7. The first-order valence-corrected chi connectivity index (χ1v) is 12.6. The molecule has 0 spiro atoms. The zero-order valence-corrected chi connectivity index (χ0v) is 22.0. The van der Waals surface area contributed by atoms with Gasteiger partial charge in [0, 0.05) is 12.5 Å². The maximum atomic E-state index is 13.8. The Labute approximate surface area is 222 Å². The van der Waals surface area contributed by atoms with Crippen molar-refractivity contribution in [2.45, 2.75) is 44.8 Å². The molecule has 0 saturated carbocycles. The van der Waals surface area contributed by atoms with Crippen LogP contribution in [0.3, 0.4) is 0 Å². The van der Waals surface area contributed by atoms with Gasteiger partial charge in [-0.25, -0.2) is 9.78 Å². The Hall–Kier alpha value is -3.69. The number of nitrogens with one attached hydrogen (secondary N) is 1. The molecule has 1 aliphatic carbocycles. The number of hydrogen-bond acceptors (Lipinski definition) is 6. The molecule has 1 aromatic heterocycles. The van der Waals surface area contributed by atoms with Crippen LogP contribution in [0.15, 0.2) is 66.1 Å². The minimum Gasteiger partial charge on any atom is -0.449 e. The van der Waals surface area contributed by atoms with Gasteiger partial charge in [-0.1, -0.05) is 48.5 Å². The lowest BCUT2D eigenvalue weighted by Gasteiger charge is -2.32. The average Bonchev–Trinajstić information content (AvgIpc) is 3.31. The number of amides is 1. The smallest absolute Gasteiger partial charge is 0.449 e. The Morgan fingerprint density at radius 2 is 1.61 bits per heavy atom. The van der Waals surface area contributed by atoms with Gasteiger partial charge in [0.15, 0.2) is 0 Å². The van der Waals surface area contributed by atoms with Crippen LogP contribution in [0, 0.1) is 5.95 Å². The predicted octanol–water partition coefficient (Wildman–Crippen LogP) is 5.36. The van der Waals surface area contributed by atoms with E-state index in [2.05, 4.69) is 34.6 Å². The van der Waals surface area contributed by atoms with Gasteiger partial charge in [-0.15, -0.1) is 0 Å². The fourth-order valence-corrected chi connectivity index (χ4v) is 4.77. The van der Waals surface area contributed by atoms with E-state index in [1.54, 1.807) is 6.08 Å². The van der Waals surface area contributed by atoms with E-state index in [0.29, 0.717) is 11.2 Å². The van der Waals surface area contributed by atoms with Crippen LogP contribution >= 0.6 is 0 Å². The van der Waals surface area contributed by atoms with E-state index in [-0.39, 0.29) is 24.8 Å². The summed E-state index contributed by atoms with van der Waals surface area (Å²) in [5.41, 5.74) is 10.4. The number of carbonyl (C=O) groups excluding carboxylic acids is 1. The number of ether oxygens (including phenoxy) is 1. The van der Waals surface area contributed by atoms with Gasteiger partial charge in [0.2, 0.25) is 5.95 Å². The third-order valence-corrected chi connectivity index (χ3v) is 7.58. The van der Waals surface area contributed by atoms with Crippen LogP contribution in [-0.4, -0.2) is 42.5 Å². The molecule has 3 aromatic rings. The average molecular weight is 515 g/mol. The fourth-order valence-electron chi connectivity index (χ4n) is 4.77. The molecule has 1 amide bonds. The van der Waals surface area contributed by atoms with Crippen LogP contribution in [0.2, 0.25) is 0 Å². The second-order valence-electron chi connectivity index (χ2n) is 10.6. The number of alkyl carbamates (subject to hydrolysis) is 1. The molecule has 0 radical (unpaired) electrons. The monoisotopic (exact) mass is 515 g/mol. The number of benzene rings is 2. The first-order chi connectivity index (χ1) is 18.1. The number of carbonyl (C=O) groups is 1. The number of nitrogens with zero attached hydrogens (tertiary/aromatic N) is 1. The van der Waals surface area contributed by atoms with Gasteiger partial charge < -0.3 is 25.1 Å². The van der Waals surface area contributed by atoms with Gasteiger partial charge in [-0.3, -0.25) is 0 Å². The highest BCUT2D eigenvalue weighted by Crippen LogP contribution is 2.44. The van der Waals surface area contributed by atoms with E-state index in [1.165, 1.54) is 12.1 Å². The summed E-state index contributed by atoms with van der Waals surface area (Å²) in [7, 11) is -0.793. The number of hydrogen-bond donors (Lipinski definition) is 2. The number of fused-ring (bicyclic) bond motifs is 3. The topological polar surface area (TPSA) is 95.7 Å².